The molecule has 0 aliphatic heterocycles. The third-order valence-electron chi connectivity index (χ3n) is 13.3. The fraction of sp³-hybridized carbons (Fsp3) is 0.400. The minimum absolute atomic E-state index is 0. The van der Waals surface area contributed by atoms with Crippen LogP contribution in [0.5, 0.6) is 0 Å². The zero-order valence-corrected chi connectivity index (χ0v) is 46.0. The molecule has 0 saturated heterocycles. The minimum Gasteiger partial charge on any atom is -0.283 e. The van der Waals surface area contributed by atoms with Gasteiger partial charge in [-0.3, -0.25) is 45.9 Å². The molecule has 0 aliphatic carbocycles. The number of aromatic amines is 9. The van der Waals surface area contributed by atoms with Crippen molar-refractivity contribution >= 4 is 93.3 Å². The average molecular weight is 1070 g/mol. The summed E-state index contributed by atoms with van der Waals surface area (Å²) in [5.41, 5.74) is 29.8. The van der Waals surface area contributed by atoms with E-state index in [1.165, 1.54) is 49.2 Å². The van der Waals surface area contributed by atoms with Gasteiger partial charge in [0.05, 0.1) is 51.2 Å². The largest absolute Gasteiger partial charge is 0.283 e. The molecule has 0 aromatic carbocycles. The van der Waals surface area contributed by atoms with Crippen LogP contribution in [0.25, 0.3) is 0 Å². The predicted molar refractivity (Wildman–Crippen MR) is 282 cm³/mol. The SMILES string of the molecule is Cc1n[nH]c(C)c1B(c1c(C)n[nH]c1C)c1c(C)n[nH]c1C.Cc1n[nH]c(C)c1B(c1c(C)n[nH]c1C)c1c(C)n[nH]c1C.Cc1n[nH]c(C)c1B(c1c(C)n[nH]c1C)c1c(C)n[nH]c1C.I.[Fe]. The van der Waals surface area contributed by atoms with Crippen molar-refractivity contribution in [3.8, 4) is 0 Å². The summed E-state index contributed by atoms with van der Waals surface area (Å²) in [6.07, 6.45) is 0. The maximum atomic E-state index is 4.39. The van der Waals surface area contributed by atoms with E-state index < -0.39 is 0 Å². The molecule has 9 aromatic heterocycles. The topological polar surface area (TPSA) is 258 Å². The Labute approximate surface area is 426 Å². The fourth-order valence-corrected chi connectivity index (χ4v) is 10.2. The smallest absolute Gasteiger partial charge is 0.255 e. The molecule has 9 N–H and O–H groups in total. The summed E-state index contributed by atoms with van der Waals surface area (Å²) >= 11 is 0. The van der Waals surface area contributed by atoms with E-state index in [1.807, 2.05) is 62.3 Å². The van der Waals surface area contributed by atoms with E-state index in [2.05, 4.69) is 154 Å². The first-order chi connectivity index (χ1) is 31.2. The van der Waals surface area contributed by atoms with Crippen LogP contribution in [0, 0.1) is 125 Å². The number of aryl methyl sites for hydroxylation is 18. The summed E-state index contributed by atoms with van der Waals surface area (Å²) < 4.78 is 0. The van der Waals surface area contributed by atoms with Crippen molar-refractivity contribution < 1.29 is 17.1 Å². The molecule has 358 valence electrons. The van der Waals surface area contributed by atoms with Gasteiger partial charge in [-0.25, -0.2) is 0 Å². The van der Waals surface area contributed by atoms with Gasteiger partial charge < -0.3 is 0 Å². The zero-order valence-electron chi connectivity index (χ0n) is 42.5. The van der Waals surface area contributed by atoms with Crippen LogP contribution in [0.3, 0.4) is 0 Å². The summed E-state index contributed by atoms with van der Waals surface area (Å²) in [5.74, 6) is 0. The molecule has 0 saturated carbocycles. The molecule has 0 aliphatic rings. The molecule has 0 radical (unpaired) electrons. The molecule has 18 nitrogen and oxygen atoms in total. The summed E-state index contributed by atoms with van der Waals surface area (Å²) in [7, 11) is 0. The molecular formula is C45H64B3FeIN18. The third-order valence-corrected chi connectivity index (χ3v) is 13.3. The van der Waals surface area contributed by atoms with Crippen molar-refractivity contribution in [3.05, 3.63) is 102 Å². The first kappa shape index (κ1) is 53.3. The number of rotatable bonds is 9. The Morgan fingerprint density at radius 1 is 0.206 bits per heavy atom. The second kappa shape index (κ2) is 21.3. The Hall–Kier alpha value is -5.67. The second-order valence-corrected chi connectivity index (χ2v) is 17.9. The molecule has 9 heterocycles. The Kier molecular flexibility index (Phi) is 16.7. The molecule has 0 atom stereocenters. The summed E-state index contributed by atoms with van der Waals surface area (Å²) in [6, 6.07) is 0. The van der Waals surface area contributed by atoms with E-state index in [0.29, 0.717) is 0 Å². The number of nitrogens with one attached hydrogen (secondary N) is 9. The van der Waals surface area contributed by atoms with Crippen LogP contribution in [0.4, 0.5) is 0 Å². The van der Waals surface area contributed by atoms with Crippen molar-refractivity contribution in [2.45, 2.75) is 125 Å². The average Bonchev–Trinajstić information content (AvgIpc) is 4.18. The first-order valence-electron chi connectivity index (χ1n) is 22.4. The van der Waals surface area contributed by atoms with Crippen LogP contribution in [0.15, 0.2) is 0 Å². The molecule has 0 spiro atoms. The number of aromatic nitrogens is 18. The molecule has 0 bridgehead atoms. The van der Waals surface area contributed by atoms with Crippen molar-refractivity contribution in [1.82, 2.24) is 91.8 Å². The van der Waals surface area contributed by atoms with Crippen molar-refractivity contribution in [2.24, 2.45) is 0 Å². The maximum absolute atomic E-state index is 4.39. The molecule has 9 aromatic rings. The van der Waals surface area contributed by atoms with Crippen LogP contribution in [-0.4, -0.2) is 112 Å². The molecule has 0 fully saturated rings. The summed E-state index contributed by atoms with van der Waals surface area (Å²) in [5, 5.41) is 67.5. The summed E-state index contributed by atoms with van der Waals surface area (Å²) in [4.78, 5) is 0. The van der Waals surface area contributed by atoms with Gasteiger partial charge in [0.1, 0.15) is 0 Å². The number of nitrogens with zero attached hydrogens (tertiary/aromatic N) is 9. The van der Waals surface area contributed by atoms with Gasteiger partial charge in [-0.15, -0.1) is 24.0 Å². The Balaban J connectivity index is 0.000000188. The van der Waals surface area contributed by atoms with Gasteiger partial charge in [-0.1, -0.05) is 0 Å². The van der Waals surface area contributed by atoms with Gasteiger partial charge in [-0.2, -0.15) is 45.9 Å². The minimum atomic E-state index is 0. The summed E-state index contributed by atoms with van der Waals surface area (Å²) in [6.45, 7) is 37.2. The van der Waals surface area contributed by atoms with Gasteiger partial charge in [0.25, 0.3) is 20.1 Å². The van der Waals surface area contributed by atoms with Crippen LogP contribution >= 0.6 is 24.0 Å². The fourth-order valence-electron chi connectivity index (χ4n) is 10.2. The number of halogens is 1. The normalized spacial score (nSPS) is 10.9. The van der Waals surface area contributed by atoms with Crippen LogP contribution in [0.1, 0.15) is 102 Å². The van der Waals surface area contributed by atoms with E-state index in [1.54, 1.807) is 0 Å². The standard InChI is InChI=1S/3C15H21BN6.Fe.HI/c3*1-7-13(8(2)18-17-7)16(14-9(3)19-20-10(14)4)15-11(5)21-22-12(15)6;;/h3*1-6H3,(H,17,18)(H,19,20)(H,21,22);;1H. The molecular weight excluding hydrogens is 1010 g/mol. The zero-order chi connectivity index (χ0) is 48.0. The van der Waals surface area contributed by atoms with Crippen molar-refractivity contribution in [2.75, 3.05) is 0 Å². The monoisotopic (exact) mass is 1070 g/mol. The van der Waals surface area contributed by atoms with E-state index in [9.17, 15) is 0 Å². The number of H-pyrrole nitrogens is 9. The Morgan fingerprint density at radius 2 is 0.294 bits per heavy atom. The Bertz CT molecular complexity index is 2320. The molecule has 0 unspecified atom stereocenters. The van der Waals surface area contributed by atoms with E-state index in [0.717, 1.165) is 102 Å². The van der Waals surface area contributed by atoms with Gasteiger partial charge in [0, 0.05) is 68.3 Å². The number of hydrogen-bond donors (Lipinski definition) is 9. The van der Waals surface area contributed by atoms with Crippen LogP contribution in [-0.2, 0) is 17.1 Å². The van der Waals surface area contributed by atoms with Gasteiger partial charge in [0.15, 0.2) is 0 Å². The molecule has 68 heavy (non-hydrogen) atoms. The molecule has 9 rings (SSSR count). The maximum Gasteiger partial charge on any atom is 0.255 e. The molecule has 0 amide bonds. The van der Waals surface area contributed by atoms with Crippen molar-refractivity contribution in [3.63, 3.8) is 0 Å². The van der Waals surface area contributed by atoms with Gasteiger partial charge >= 0.3 is 0 Å². The van der Waals surface area contributed by atoms with Crippen LogP contribution < -0.4 is 49.2 Å². The Morgan fingerprint density at radius 3 is 0.353 bits per heavy atom. The predicted octanol–water partition coefficient (Wildman–Crippen LogP) is 1.28. The third kappa shape index (κ3) is 9.79. The van der Waals surface area contributed by atoms with E-state index in [4.69, 9.17) is 0 Å². The van der Waals surface area contributed by atoms with Gasteiger partial charge in [0.2, 0.25) is 0 Å². The quantitative estimate of drug-likeness (QED) is 0.0745. The first-order valence-corrected chi connectivity index (χ1v) is 22.4. The van der Waals surface area contributed by atoms with Crippen LogP contribution in [0.2, 0.25) is 0 Å². The second-order valence-electron chi connectivity index (χ2n) is 17.9. The van der Waals surface area contributed by atoms with Crippen molar-refractivity contribution in [1.29, 1.82) is 0 Å². The van der Waals surface area contributed by atoms with Gasteiger partial charge in [-0.05, 0) is 174 Å². The van der Waals surface area contributed by atoms with E-state index >= 15 is 0 Å². The number of hydrogen-bond acceptors (Lipinski definition) is 9. The van der Waals surface area contributed by atoms with E-state index in [-0.39, 0.29) is 61.2 Å². The molecule has 23 heteroatoms.